The zero-order valence-corrected chi connectivity index (χ0v) is 18.1. The Morgan fingerprint density at radius 3 is 2.06 bits per heavy atom. The fourth-order valence-electron chi connectivity index (χ4n) is 3.74. The molecule has 6 nitrogen and oxygen atoms in total. The Hall–Kier alpha value is -3.07. The van der Waals surface area contributed by atoms with Crippen LogP contribution in [-0.2, 0) is 5.41 Å². The van der Waals surface area contributed by atoms with Crippen LogP contribution in [0.5, 0.6) is 5.75 Å². The quantitative estimate of drug-likeness (QED) is 0.612. The summed E-state index contributed by atoms with van der Waals surface area (Å²) in [6, 6.07) is 9.42. The highest BCUT2D eigenvalue weighted by Gasteiger charge is 2.66. The van der Waals surface area contributed by atoms with Crippen LogP contribution in [0.1, 0.15) is 48.3 Å². The van der Waals surface area contributed by atoms with Crippen LogP contribution >= 0.6 is 0 Å². The molecule has 0 spiro atoms. The van der Waals surface area contributed by atoms with E-state index in [0.29, 0.717) is 5.75 Å². The summed E-state index contributed by atoms with van der Waals surface area (Å²) in [4.78, 5) is 25.4. The number of benzene rings is 2. The lowest BCUT2D eigenvalue weighted by Crippen LogP contribution is -2.72. The number of aliphatic hydroxyl groups is 1. The molecule has 9 heteroatoms. The summed E-state index contributed by atoms with van der Waals surface area (Å²) in [6.45, 7) is 5.94. The maximum Gasteiger partial charge on any atom is 0.437 e. The van der Waals surface area contributed by atoms with E-state index >= 15 is 0 Å². The van der Waals surface area contributed by atoms with E-state index in [-0.39, 0.29) is 16.5 Å². The molecule has 2 aromatic rings. The van der Waals surface area contributed by atoms with Gasteiger partial charge in [-0.25, -0.2) is 4.79 Å². The third kappa shape index (κ3) is 4.29. The number of hydrogen-bond donors (Lipinski definition) is 3. The summed E-state index contributed by atoms with van der Waals surface area (Å²) in [6.07, 6.45) is -5.30. The minimum atomic E-state index is -5.30. The molecule has 0 radical (unpaired) electrons. The Labute approximate surface area is 183 Å². The van der Waals surface area contributed by atoms with Gasteiger partial charge in [0.05, 0.1) is 13.2 Å². The van der Waals surface area contributed by atoms with Crippen molar-refractivity contribution in [3.8, 4) is 5.75 Å². The van der Waals surface area contributed by atoms with Crippen molar-refractivity contribution in [2.75, 3.05) is 7.11 Å². The van der Waals surface area contributed by atoms with Crippen LogP contribution in [0.3, 0.4) is 0 Å². The molecule has 2 aromatic carbocycles. The number of carbonyl (C=O) groups excluding carboxylic acids is 2. The van der Waals surface area contributed by atoms with E-state index < -0.39 is 35.7 Å². The number of rotatable bonds is 4. The van der Waals surface area contributed by atoms with E-state index in [9.17, 15) is 27.9 Å². The molecular weight excluding hydrogens is 425 g/mol. The predicted molar refractivity (Wildman–Crippen MR) is 111 cm³/mol. The summed E-state index contributed by atoms with van der Waals surface area (Å²) in [7, 11) is 1.41. The first-order valence-corrected chi connectivity index (χ1v) is 9.94. The number of nitrogens with one attached hydrogen (secondary N) is 2. The van der Waals surface area contributed by atoms with Crippen LogP contribution in [0.4, 0.5) is 18.0 Å². The van der Waals surface area contributed by atoms with Gasteiger partial charge in [-0.3, -0.25) is 4.79 Å². The summed E-state index contributed by atoms with van der Waals surface area (Å²) in [5.41, 5.74) is -2.85. The SMILES string of the molecule is COc1ccc(C(=O)[C@H]2[C@H](c3ccc(C(C)(C)C)cc3)NC(=O)N[C@@]2(O)C(F)(F)F)cc1. The molecule has 1 heterocycles. The molecule has 3 rings (SSSR count). The lowest BCUT2D eigenvalue weighted by molar-refractivity contribution is -0.287. The molecule has 0 saturated carbocycles. The molecule has 2 amide bonds. The van der Waals surface area contributed by atoms with Gasteiger partial charge in [-0.05, 0) is 40.8 Å². The Balaban J connectivity index is 2.12. The van der Waals surface area contributed by atoms with E-state index in [2.05, 4.69) is 5.32 Å². The molecule has 0 unspecified atom stereocenters. The van der Waals surface area contributed by atoms with Crippen molar-refractivity contribution < 1.29 is 32.6 Å². The van der Waals surface area contributed by atoms with Crippen LogP contribution in [0.15, 0.2) is 48.5 Å². The Bertz CT molecular complexity index is 998. The Morgan fingerprint density at radius 1 is 1.03 bits per heavy atom. The van der Waals surface area contributed by atoms with Gasteiger partial charge in [0.1, 0.15) is 11.7 Å². The molecule has 32 heavy (non-hydrogen) atoms. The van der Waals surface area contributed by atoms with E-state index in [0.717, 1.165) is 5.56 Å². The Morgan fingerprint density at radius 2 is 1.59 bits per heavy atom. The minimum absolute atomic E-state index is 0.0623. The van der Waals surface area contributed by atoms with E-state index in [1.165, 1.54) is 36.7 Å². The summed E-state index contributed by atoms with van der Waals surface area (Å²) in [5, 5.41) is 14.6. The highest BCUT2D eigenvalue weighted by atomic mass is 19.4. The minimum Gasteiger partial charge on any atom is -0.497 e. The van der Waals surface area contributed by atoms with Gasteiger partial charge < -0.3 is 20.5 Å². The van der Waals surface area contributed by atoms with Crippen molar-refractivity contribution >= 4 is 11.8 Å². The molecule has 3 atom stereocenters. The van der Waals surface area contributed by atoms with Crippen molar-refractivity contribution in [1.82, 2.24) is 10.6 Å². The van der Waals surface area contributed by atoms with E-state index in [4.69, 9.17) is 4.74 Å². The first-order chi connectivity index (χ1) is 14.8. The van der Waals surface area contributed by atoms with Gasteiger partial charge in [0, 0.05) is 5.56 Å². The second-order valence-electron chi connectivity index (χ2n) is 8.78. The standard InChI is InChI=1S/C23H25F3N2O4/c1-21(2,3)15-9-5-13(6-10-15)18-17(19(29)14-7-11-16(32-4)12-8-14)22(31,23(24,25)26)28-20(30)27-18/h5-12,17-18,31H,1-4H3,(H2,27,28,30)/t17-,18+,22+/m1/s1. The molecule has 172 valence electrons. The first-order valence-electron chi connectivity index (χ1n) is 9.94. The number of hydrogen-bond acceptors (Lipinski definition) is 4. The third-order valence-electron chi connectivity index (χ3n) is 5.60. The lowest BCUT2D eigenvalue weighted by Gasteiger charge is -2.45. The number of Topliss-reactive ketones (excluding diaryl/α,β-unsaturated/α-hetero) is 1. The lowest BCUT2D eigenvalue weighted by atomic mass is 9.76. The number of ether oxygens (including phenoxy) is 1. The van der Waals surface area contributed by atoms with Gasteiger partial charge in [-0.1, -0.05) is 45.0 Å². The molecule has 1 saturated heterocycles. The molecule has 0 bridgehead atoms. The average molecular weight is 450 g/mol. The van der Waals surface area contributed by atoms with Crippen molar-refractivity contribution in [1.29, 1.82) is 0 Å². The smallest absolute Gasteiger partial charge is 0.437 e. The fourth-order valence-corrected chi connectivity index (χ4v) is 3.74. The first kappa shape index (κ1) is 23.6. The third-order valence-corrected chi connectivity index (χ3v) is 5.60. The summed E-state index contributed by atoms with van der Waals surface area (Å²) >= 11 is 0. The highest BCUT2D eigenvalue weighted by molar-refractivity contribution is 6.00. The number of ketones is 1. The van der Waals surface area contributed by atoms with Crippen molar-refractivity contribution in [3.05, 3.63) is 65.2 Å². The van der Waals surface area contributed by atoms with Crippen molar-refractivity contribution in [2.24, 2.45) is 5.92 Å². The predicted octanol–water partition coefficient (Wildman–Crippen LogP) is 4.10. The monoisotopic (exact) mass is 450 g/mol. The van der Waals surface area contributed by atoms with Crippen molar-refractivity contribution in [3.63, 3.8) is 0 Å². The van der Waals surface area contributed by atoms with Gasteiger partial charge in [0.2, 0.25) is 5.72 Å². The van der Waals surface area contributed by atoms with Gasteiger partial charge in [0.25, 0.3) is 0 Å². The zero-order valence-electron chi connectivity index (χ0n) is 18.1. The number of alkyl halides is 3. The molecule has 3 N–H and O–H groups in total. The maximum atomic E-state index is 14.0. The number of amides is 2. The number of halogens is 3. The second kappa shape index (κ2) is 8.12. The molecule has 1 aliphatic heterocycles. The van der Waals surface area contributed by atoms with Crippen molar-refractivity contribution in [2.45, 2.75) is 44.1 Å². The zero-order chi connectivity index (χ0) is 23.9. The van der Waals surface area contributed by atoms with Gasteiger partial charge >= 0.3 is 12.2 Å². The molecule has 0 aromatic heterocycles. The highest BCUT2D eigenvalue weighted by Crippen LogP contribution is 2.44. The molecular formula is C23H25F3N2O4. The van der Waals surface area contributed by atoms with Gasteiger partial charge in [0.15, 0.2) is 5.78 Å². The maximum absolute atomic E-state index is 14.0. The van der Waals surface area contributed by atoms with Crippen LogP contribution in [0.25, 0.3) is 0 Å². The number of methoxy groups -OCH3 is 1. The van der Waals surface area contributed by atoms with E-state index in [1.54, 1.807) is 24.3 Å². The summed E-state index contributed by atoms with van der Waals surface area (Å²) < 4.78 is 47.0. The number of carbonyl (C=O) groups is 2. The Kier molecular flexibility index (Phi) is 5.99. The normalized spacial score (nSPS) is 23.8. The number of urea groups is 1. The fraction of sp³-hybridized carbons (Fsp3) is 0.391. The van der Waals surface area contributed by atoms with Crippen LogP contribution in [0, 0.1) is 5.92 Å². The second-order valence-corrected chi connectivity index (χ2v) is 8.78. The largest absolute Gasteiger partial charge is 0.497 e. The summed E-state index contributed by atoms with van der Waals surface area (Å²) in [5.74, 6) is -2.64. The topological polar surface area (TPSA) is 87.7 Å². The van der Waals surface area contributed by atoms with Crippen LogP contribution in [0.2, 0.25) is 0 Å². The van der Waals surface area contributed by atoms with Gasteiger partial charge in [-0.15, -0.1) is 0 Å². The van der Waals surface area contributed by atoms with Crippen LogP contribution in [-0.4, -0.2) is 35.9 Å². The molecule has 1 fully saturated rings. The van der Waals surface area contributed by atoms with E-state index in [1.807, 2.05) is 20.8 Å². The average Bonchev–Trinajstić information content (AvgIpc) is 2.71. The van der Waals surface area contributed by atoms with Gasteiger partial charge in [-0.2, -0.15) is 13.2 Å². The molecule has 0 aliphatic carbocycles. The molecule has 1 aliphatic rings. The van der Waals surface area contributed by atoms with Crippen LogP contribution < -0.4 is 15.4 Å².